The van der Waals surface area contributed by atoms with Crippen molar-refractivity contribution in [2.24, 2.45) is 0 Å². The summed E-state index contributed by atoms with van der Waals surface area (Å²) < 4.78 is 16.0. The summed E-state index contributed by atoms with van der Waals surface area (Å²) in [6.07, 6.45) is 4.77. The molecule has 0 unspecified atom stereocenters. The van der Waals surface area contributed by atoms with Crippen molar-refractivity contribution in [2.75, 3.05) is 20.3 Å². The van der Waals surface area contributed by atoms with Crippen LogP contribution in [0.5, 0.6) is 0 Å². The topological polar surface area (TPSA) is 44.8 Å². The smallest absolute Gasteiger partial charge is 0.330 e. The molecule has 0 saturated heterocycles. The highest BCUT2D eigenvalue weighted by Crippen LogP contribution is 2.36. The van der Waals surface area contributed by atoms with Crippen LogP contribution in [0, 0.1) is 0 Å². The van der Waals surface area contributed by atoms with E-state index in [-0.39, 0.29) is 11.0 Å². The lowest BCUT2D eigenvalue weighted by Crippen LogP contribution is -2.40. The maximum atomic E-state index is 11.2. The van der Waals surface area contributed by atoms with Crippen LogP contribution in [0.4, 0.5) is 0 Å². The van der Waals surface area contributed by atoms with Gasteiger partial charge >= 0.3 is 5.97 Å². The highest BCUT2D eigenvalue weighted by Gasteiger charge is 2.36. The summed E-state index contributed by atoms with van der Waals surface area (Å²) >= 11 is 0. The number of allylic oxidation sites excluding steroid dienone is 1. The molecule has 0 fully saturated rings. The van der Waals surface area contributed by atoms with Gasteiger partial charge < -0.3 is 13.9 Å². The molecular weight excluding hydrogens is 272 g/mol. The number of carbonyl (C=O) groups is 1. The Morgan fingerprint density at radius 3 is 2.25 bits per heavy atom. The Kier molecular flexibility index (Phi) is 7.82. The average Bonchev–Trinajstić information content (AvgIpc) is 2.32. The third-order valence-corrected chi connectivity index (χ3v) is 7.94. The second-order valence-corrected chi connectivity index (χ2v) is 10.8. The van der Waals surface area contributed by atoms with Crippen LogP contribution in [0.2, 0.25) is 18.1 Å². The molecule has 0 amide bonds. The van der Waals surface area contributed by atoms with Gasteiger partial charge in [0.15, 0.2) is 8.32 Å². The van der Waals surface area contributed by atoms with Gasteiger partial charge in [0.05, 0.1) is 20.3 Å². The van der Waals surface area contributed by atoms with Gasteiger partial charge in [-0.1, -0.05) is 20.8 Å². The summed E-state index contributed by atoms with van der Waals surface area (Å²) in [5.41, 5.74) is 0. The minimum Gasteiger partial charge on any atom is -0.497 e. The summed E-state index contributed by atoms with van der Waals surface area (Å²) in [4.78, 5) is 11.2. The van der Waals surface area contributed by atoms with Gasteiger partial charge in [0.2, 0.25) is 0 Å². The lowest BCUT2D eigenvalue weighted by atomic mass is 10.2. The van der Waals surface area contributed by atoms with Gasteiger partial charge in [-0.05, 0) is 37.2 Å². The van der Waals surface area contributed by atoms with E-state index >= 15 is 0 Å². The molecule has 0 atom stereocenters. The highest BCUT2D eigenvalue weighted by molar-refractivity contribution is 6.74. The number of rotatable bonds is 7. The largest absolute Gasteiger partial charge is 0.497 e. The molecule has 0 radical (unpaired) electrons. The lowest BCUT2D eigenvalue weighted by Gasteiger charge is -2.35. The van der Waals surface area contributed by atoms with Crippen LogP contribution in [0.3, 0.4) is 0 Å². The van der Waals surface area contributed by atoms with Crippen molar-refractivity contribution in [1.29, 1.82) is 0 Å². The molecule has 0 bridgehead atoms. The number of carbonyl (C=O) groups excluding carboxylic acids is 1. The zero-order valence-corrected chi connectivity index (χ0v) is 14.8. The van der Waals surface area contributed by atoms with Crippen molar-refractivity contribution >= 4 is 14.3 Å². The highest BCUT2D eigenvalue weighted by atomic mass is 28.4. The summed E-state index contributed by atoms with van der Waals surface area (Å²) in [6, 6.07) is 0. The number of ether oxygens (including phenoxy) is 2. The van der Waals surface area contributed by atoms with Crippen LogP contribution in [-0.2, 0) is 18.7 Å². The van der Waals surface area contributed by atoms with E-state index in [0.717, 1.165) is 0 Å². The lowest BCUT2D eigenvalue weighted by molar-refractivity contribution is -0.137. The van der Waals surface area contributed by atoms with Crippen molar-refractivity contribution in [3.05, 3.63) is 24.0 Å². The predicted octanol–water partition coefficient (Wildman–Crippen LogP) is 3.66. The minimum atomic E-state index is -1.76. The van der Waals surface area contributed by atoms with E-state index in [1.165, 1.54) is 6.08 Å². The predicted molar refractivity (Wildman–Crippen MR) is 84.0 cm³/mol. The van der Waals surface area contributed by atoms with E-state index in [2.05, 4.69) is 33.9 Å². The molecule has 0 saturated carbocycles. The fraction of sp³-hybridized carbons (Fsp3) is 0.667. The first-order valence-electron chi connectivity index (χ1n) is 6.87. The van der Waals surface area contributed by atoms with E-state index in [4.69, 9.17) is 13.9 Å². The van der Waals surface area contributed by atoms with Crippen molar-refractivity contribution in [1.82, 2.24) is 0 Å². The van der Waals surface area contributed by atoms with Crippen molar-refractivity contribution in [3.8, 4) is 0 Å². The Labute approximate surface area is 123 Å². The van der Waals surface area contributed by atoms with Crippen LogP contribution in [-0.4, -0.2) is 34.6 Å². The van der Waals surface area contributed by atoms with E-state index in [9.17, 15) is 4.79 Å². The molecule has 4 nitrogen and oxygen atoms in total. The van der Waals surface area contributed by atoms with E-state index < -0.39 is 8.32 Å². The van der Waals surface area contributed by atoms with Gasteiger partial charge in [-0.25, -0.2) is 4.79 Å². The molecule has 0 aromatic rings. The normalized spacial score (nSPS) is 13.7. The van der Waals surface area contributed by atoms with Gasteiger partial charge in [-0.2, -0.15) is 0 Å². The quantitative estimate of drug-likeness (QED) is 0.237. The van der Waals surface area contributed by atoms with E-state index in [1.807, 2.05) is 6.08 Å². The minimum absolute atomic E-state index is 0.175. The Morgan fingerprint density at radius 1 is 1.20 bits per heavy atom. The standard InChI is InChI=1S/C15H28O4Si/c1-8-18-14(16)10-9-13(17-5)11-12-19-20(6,7)15(2,3)4/h9-11H,8,12H2,1-7H3/b10-9+,13-11-. The first-order chi connectivity index (χ1) is 9.14. The summed E-state index contributed by atoms with van der Waals surface area (Å²) in [5.74, 6) is 0.220. The van der Waals surface area contributed by atoms with Gasteiger partial charge in [-0.15, -0.1) is 0 Å². The Morgan fingerprint density at radius 2 is 1.80 bits per heavy atom. The molecular formula is C15H28O4Si. The third kappa shape index (κ3) is 6.91. The molecule has 0 aromatic heterocycles. The maximum absolute atomic E-state index is 11.2. The van der Waals surface area contributed by atoms with Crippen LogP contribution in [0.25, 0.3) is 0 Å². The third-order valence-electron chi connectivity index (χ3n) is 3.44. The van der Waals surface area contributed by atoms with Crippen LogP contribution in [0.15, 0.2) is 24.0 Å². The molecule has 0 aliphatic carbocycles. The number of methoxy groups -OCH3 is 1. The summed E-state index contributed by atoms with van der Waals surface area (Å²) in [6.45, 7) is 13.6. The second kappa shape index (κ2) is 8.27. The van der Waals surface area contributed by atoms with Crippen LogP contribution < -0.4 is 0 Å². The molecule has 0 aliphatic rings. The first-order valence-corrected chi connectivity index (χ1v) is 9.78. The average molecular weight is 300 g/mol. The molecule has 0 N–H and O–H groups in total. The zero-order chi connectivity index (χ0) is 15.8. The van der Waals surface area contributed by atoms with Crippen LogP contribution in [0.1, 0.15) is 27.7 Å². The number of esters is 1. The fourth-order valence-electron chi connectivity index (χ4n) is 1.11. The van der Waals surface area contributed by atoms with E-state index in [0.29, 0.717) is 19.0 Å². The fourth-order valence-corrected chi connectivity index (χ4v) is 2.04. The van der Waals surface area contributed by atoms with Gasteiger partial charge in [0.25, 0.3) is 0 Å². The Balaban J connectivity index is 4.52. The van der Waals surface area contributed by atoms with Crippen LogP contribution >= 0.6 is 0 Å². The molecule has 0 heterocycles. The van der Waals surface area contributed by atoms with Crippen molar-refractivity contribution < 1.29 is 18.7 Å². The van der Waals surface area contributed by atoms with Gasteiger partial charge in [-0.3, -0.25) is 0 Å². The Bertz CT molecular complexity index is 365. The second-order valence-electron chi connectivity index (χ2n) is 5.97. The summed E-state index contributed by atoms with van der Waals surface area (Å²) in [7, 11) is -0.195. The molecule has 20 heavy (non-hydrogen) atoms. The SMILES string of the molecule is CCOC(=O)/C=C/C(=C/CO[Si](C)(C)C(C)(C)C)OC. The van der Waals surface area contributed by atoms with Gasteiger partial charge in [0, 0.05) is 6.08 Å². The molecule has 116 valence electrons. The molecule has 0 aromatic carbocycles. The molecule has 5 heteroatoms. The molecule has 0 spiro atoms. The number of hydrogen-bond donors (Lipinski definition) is 0. The van der Waals surface area contributed by atoms with Gasteiger partial charge in [0.1, 0.15) is 5.76 Å². The van der Waals surface area contributed by atoms with E-state index in [1.54, 1.807) is 20.1 Å². The van der Waals surface area contributed by atoms with Crippen molar-refractivity contribution in [2.45, 2.75) is 45.8 Å². The summed E-state index contributed by atoms with van der Waals surface area (Å²) in [5, 5.41) is 0.175. The number of hydrogen-bond acceptors (Lipinski definition) is 4. The van der Waals surface area contributed by atoms with Crippen molar-refractivity contribution in [3.63, 3.8) is 0 Å². The first kappa shape index (κ1) is 18.9. The maximum Gasteiger partial charge on any atom is 0.330 e. The monoisotopic (exact) mass is 300 g/mol. The molecule has 0 aliphatic heterocycles. The Hall–Kier alpha value is -1.07. The molecule has 0 rings (SSSR count). The zero-order valence-electron chi connectivity index (χ0n) is 13.8.